The zero-order valence-electron chi connectivity index (χ0n) is 19.4. The van der Waals surface area contributed by atoms with Gasteiger partial charge in [0.25, 0.3) is 0 Å². The van der Waals surface area contributed by atoms with Gasteiger partial charge in [-0.2, -0.15) is 0 Å². The van der Waals surface area contributed by atoms with E-state index in [0.29, 0.717) is 0 Å². The van der Waals surface area contributed by atoms with Crippen molar-refractivity contribution >= 4 is 23.2 Å². The van der Waals surface area contributed by atoms with Gasteiger partial charge in [0.2, 0.25) is 11.8 Å². The van der Waals surface area contributed by atoms with E-state index < -0.39 is 0 Å². The SMILES string of the molecule is O=C(C=CC=CC(=O)Nc1ccccc1)Nc1ccccc1.c1ccc(Cc2ccccc2)cc1. The number of rotatable bonds is 7. The van der Waals surface area contributed by atoms with Crippen LogP contribution >= 0.6 is 0 Å². The minimum absolute atomic E-state index is 0.251. The molecule has 0 aromatic heterocycles. The summed E-state index contributed by atoms with van der Waals surface area (Å²) in [5.41, 5.74) is 4.19. The molecule has 0 bridgehead atoms. The van der Waals surface area contributed by atoms with Crippen LogP contribution in [-0.4, -0.2) is 11.8 Å². The van der Waals surface area contributed by atoms with Crippen molar-refractivity contribution in [2.24, 2.45) is 0 Å². The Kier molecular flexibility index (Phi) is 10.3. The fraction of sp³-hybridized carbons (Fsp3) is 0.0323. The first-order valence-corrected chi connectivity index (χ1v) is 11.3. The zero-order chi connectivity index (χ0) is 24.6. The predicted molar refractivity (Wildman–Crippen MR) is 144 cm³/mol. The van der Waals surface area contributed by atoms with Crippen LogP contribution in [0.25, 0.3) is 0 Å². The molecule has 0 aliphatic heterocycles. The van der Waals surface area contributed by atoms with Crippen LogP contribution in [0.4, 0.5) is 11.4 Å². The van der Waals surface area contributed by atoms with Gasteiger partial charge in [-0.15, -0.1) is 0 Å². The molecule has 2 N–H and O–H groups in total. The van der Waals surface area contributed by atoms with Gasteiger partial charge in [-0.25, -0.2) is 0 Å². The number of allylic oxidation sites excluding steroid dienone is 2. The zero-order valence-corrected chi connectivity index (χ0v) is 19.4. The second-order valence-corrected chi connectivity index (χ2v) is 7.58. The second kappa shape index (κ2) is 14.4. The number of nitrogens with one attached hydrogen (secondary N) is 2. The molecule has 4 aromatic carbocycles. The molecule has 0 spiro atoms. The second-order valence-electron chi connectivity index (χ2n) is 7.58. The highest BCUT2D eigenvalue weighted by Crippen LogP contribution is 2.08. The van der Waals surface area contributed by atoms with Gasteiger partial charge in [-0.05, 0) is 41.8 Å². The van der Waals surface area contributed by atoms with Crippen molar-refractivity contribution in [1.29, 1.82) is 0 Å². The van der Waals surface area contributed by atoms with Gasteiger partial charge < -0.3 is 10.6 Å². The fourth-order valence-electron chi connectivity index (χ4n) is 3.12. The highest BCUT2D eigenvalue weighted by molar-refractivity contribution is 6.01. The first-order chi connectivity index (χ1) is 17.2. The Morgan fingerprint density at radius 1 is 0.486 bits per heavy atom. The van der Waals surface area contributed by atoms with E-state index in [9.17, 15) is 9.59 Å². The Balaban J connectivity index is 0.000000223. The molecule has 0 unspecified atom stereocenters. The van der Waals surface area contributed by atoms with Crippen LogP contribution in [0.2, 0.25) is 0 Å². The van der Waals surface area contributed by atoms with E-state index in [1.807, 2.05) is 36.4 Å². The average Bonchev–Trinajstić information content (AvgIpc) is 2.89. The molecular formula is C31H28N2O2. The summed E-state index contributed by atoms with van der Waals surface area (Å²) in [6.45, 7) is 0. The average molecular weight is 461 g/mol. The van der Waals surface area contributed by atoms with E-state index >= 15 is 0 Å². The number of amides is 2. The molecule has 0 fully saturated rings. The van der Waals surface area contributed by atoms with E-state index in [1.165, 1.54) is 35.4 Å². The third kappa shape index (κ3) is 10.2. The van der Waals surface area contributed by atoms with Gasteiger partial charge in [-0.1, -0.05) is 109 Å². The summed E-state index contributed by atoms with van der Waals surface area (Å²) in [7, 11) is 0. The lowest BCUT2D eigenvalue weighted by atomic mass is 10.1. The lowest BCUT2D eigenvalue weighted by Crippen LogP contribution is -2.08. The standard InChI is InChI=1S/C18H16N2O2.C13H12/c21-17(19-15-9-3-1-4-10-15)13-7-8-14-18(22)20-16-11-5-2-6-12-16;1-3-7-12(8-4-1)11-13-9-5-2-6-10-13/h1-14H,(H,19,21)(H,20,22);1-10H,11H2. The van der Waals surface area contributed by atoms with Gasteiger partial charge in [0.15, 0.2) is 0 Å². The van der Waals surface area contributed by atoms with Crippen molar-refractivity contribution < 1.29 is 9.59 Å². The van der Waals surface area contributed by atoms with E-state index in [2.05, 4.69) is 71.3 Å². The third-order valence-electron chi connectivity index (χ3n) is 4.78. The van der Waals surface area contributed by atoms with Gasteiger partial charge >= 0.3 is 0 Å². The van der Waals surface area contributed by atoms with E-state index in [4.69, 9.17) is 0 Å². The number of hydrogen-bond donors (Lipinski definition) is 2. The smallest absolute Gasteiger partial charge is 0.248 e. The highest BCUT2D eigenvalue weighted by Gasteiger charge is 1.97. The molecular weight excluding hydrogens is 432 g/mol. The Labute approximate surface area is 206 Å². The predicted octanol–water partition coefficient (Wildman–Crippen LogP) is 6.65. The number of carbonyl (C=O) groups is 2. The molecule has 4 aromatic rings. The summed E-state index contributed by atoms with van der Waals surface area (Å²) in [4.78, 5) is 23.2. The summed E-state index contributed by atoms with van der Waals surface area (Å²) in [5, 5.41) is 5.42. The van der Waals surface area contributed by atoms with Crippen molar-refractivity contribution in [3.05, 3.63) is 157 Å². The van der Waals surface area contributed by atoms with Crippen LogP contribution in [0.15, 0.2) is 146 Å². The lowest BCUT2D eigenvalue weighted by molar-refractivity contribution is -0.112. The molecule has 174 valence electrons. The van der Waals surface area contributed by atoms with Crippen LogP contribution in [0.3, 0.4) is 0 Å². The van der Waals surface area contributed by atoms with Crippen molar-refractivity contribution in [2.45, 2.75) is 6.42 Å². The maximum Gasteiger partial charge on any atom is 0.248 e. The summed E-state index contributed by atoms with van der Waals surface area (Å²) < 4.78 is 0. The third-order valence-corrected chi connectivity index (χ3v) is 4.78. The topological polar surface area (TPSA) is 58.2 Å². The Bertz CT molecular complexity index is 1120. The quantitative estimate of drug-likeness (QED) is 0.239. The molecule has 4 rings (SSSR count). The number of carbonyl (C=O) groups excluding carboxylic acids is 2. The van der Waals surface area contributed by atoms with Crippen LogP contribution < -0.4 is 10.6 Å². The van der Waals surface area contributed by atoms with Gasteiger partial charge in [0, 0.05) is 23.5 Å². The van der Waals surface area contributed by atoms with Crippen molar-refractivity contribution in [2.75, 3.05) is 10.6 Å². The number of para-hydroxylation sites is 2. The summed E-state index contributed by atoms with van der Waals surface area (Å²) >= 11 is 0. The number of benzene rings is 4. The minimum Gasteiger partial charge on any atom is -0.323 e. The molecule has 4 heteroatoms. The molecule has 35 heavy (non-hydrogen) atoms. The molecule has 0 saturated heterocycles. The Morgan fingerprint density at radius 2 is 0.800 bits per heavy atom. The van der Waals surface area contributed by atoms with Crippen LogP contribution in [0.5, 0.6) is 0 Å². The molecule has 0 aliphatic carbocycles. The highest BCUT2D eigenvalue weighted by atomic mass is 16.2. The molecule has 0 atom stereocenters. The maximum atomic E-state index is 11.6. The van der Waals surface area contributed by atoms with E-state index in [1.54, 1.807) is 24.3 Å². The van der Waals surface area contributed by atoms with Crippen LogP contribution in [-0.2, 0) is 16.0 Å². The molecule has 0 radical (unpaired) electrons. The minimum atomic E-state index is -0.251. The number of anilines is 2. The molecule has 0 aliphatic rings. The monoisotopic (exact) mass is 460 g/mol. The molecule has 0 saturated carbocycles. The normalized spacial score (nSPS) is 10.4. The van der Waals surface area contributed by atoms with Crippen molar-refractivity contribution in [3.63, 3.8) is 0 Å². The van der Waals surface area contributed by atoms with Gasteiger partial charge in [0.1, 0.15) is 0 Å². The summed E-state index contributed by atoms with van der Waals surface area (Å²) in [6.07, 6.45) is 6.78. The van der Waals surface area contributed by atoms with Crippen molar-refractivity contribution in [3.8, 4) is 0 Å². The van der Waals surface area contributed by atoms with Crippen LogP contribution in [0.1, 0.15) is 11.1 Å². The summed E-state index contributed by atoms with van der Waals surface area (Å²) in [6, 6.07) is 39.4. The van der Waals surface area contributed by atoms with Gasteiger partial charge in [0.05, 0.1) is 0 Å². The van der Waals surface area contributed by atoms with Crippen molar-refractivity contribution in [1.82, 2.24) is 0 Å². The first-order valence-electron chi connectivity index (χ1n) is 11.3. The summed E-state index contributed by atoms with van der Waals surface area (Å²) in [5.74, 6) is -0.501. The molecule has 0 heterocycles. The van der Waals surface area contributed by atoms with E-state index in [-0.39, 0.29) is 11.8 Å². The Hall–Kier alpha value is -4.70. The lowest BCUT2D eigenvalue weighted by Gasteiger charge is -2.00. The first kappa shape index (κ1) is 24.9. The number of hydrogen-bond acceptors (Lipinski definition) is 2. The molecule has 4 nitrogen and oxygen atoms in total. The largest absolute Gasteiger partial charge is 0.323 e. The maximum absolute atomic E-state index is 11.6. The van der Waals surface area contributed by atoms with Gasteiger partial charge in [-0.3, -0.25) is 9.59 Å². The Morgan fingerprint density at radius 3 is 1.14 bits per heavy atom. The van der Waals surface area contributed by atoms with Crippen LogP contribution in [0, 0.1) is 0 Å². The fourth-order valence-corrected chi connectivity index (χ4v) is 3.12. The molecule has 2 amide bonds. The van der Waals surface area contributed by atoms with E-state index in [0.717, 1.165) is 17.8 Å².